The molecule has 0 atom stereocenters. The highest BCUT2D eigenvalue weighted by Gasteiger charge is 2.45. The lowest BCUT2D eigenvalue weighted by molar-refractivity contribution is 0.355. The molecule has 31 heavy (non-hydrogen) atoms. The van der Waals surface area contributed by atoms with Crippen LogP contribution in [0.25, 0.3) is 49.2 Å². The number of hydrogen-bond acceptors (Lipinski definition) is 2. The molecule has 3 nitrogen and oxygen atoms in total. The number of rotatable bonds is 0. The van der Waals surface area contributed by atoms with Crippen LogP contribution in [0, 0.1) is 0 Å². The Bertz CT molecular complexity index is 1670. The molecule has 0 aliphatic heterocycles. The Morgan fingerprint density at radius 2 is 1.48 bits per heavy atom. The molecule has 1 spiro atoms. The van der Waals surface area contributed by atoms with Crippen LogP contribution in [-0.2, 0) is 5.41 Å². The Labute approximate surface area is 179 Å². The Balaban J connectivity index is 1.70. The van der Waals surface area contributed by atoms with Crippen molar-refractivity contribution in [1.29, 1.82) is 0 Å². The molecule has 0 radical (unpaired) electrons. The molecule has 0 amide bonds. The molecule has 8 rings (SSSR count). The molecule has 0 N–H and O–H groups in total. The van der Waals surface area contributed by atoms with Crippen molar-refractivity contribution >= 4 is 38.1 Å². The standard InChI is InChI=1S/C28H21N3/c1-4-10-28(11-5-1)22-7-3-2-6-17(22)20-14-21-18-8-12-29-15-23(18)31-24-16-30-13-9-19(24)25(26(20)28)27(21)31/h2-3,6-9,12-16H,1,4-5,10-11H2. The number of fused-ring (bicyclic) bond motifs is 12. The highest BCUT2D eigenvalue weighted by Crippen LogP contribution is 2.59. The second-order valence-electron chi connectivity index (χ2n) is 9.38. The number of benzene rings is 2. The van der Waals surface area contributed by atoms with Gasteiger partial charge in [-0.15, -0.1) is 0 Å². The first-order valence-electron chi connectivity index (χ1n) is 11.4. The maximum absolute atomic E-state index is 4.51. The smallest absolute Gasteiger partial charge is 0.0725 e. The molecule has 0 saturated heterocycles. The van der Waals surface area contributed by atoms with Gasteiger partial charge in [-0.3, -0.25) is 9.97 Å². The fraction of sp³-hybridized carbons (Fsp3) is 0.214. The third-order valence-electron chi connectivity index (χ3n) is 8.08. The minimum absolute atomic E-state index is 0.137. The molecule has 2 aromatic carbocycles. The molecule has 2 aliphatic carbocycles. The molecular weight excluding hydrogens is 378 g/mol. The van der Waals surface area contributed by atoms with Crippen LogP contribution < -0.4 is 0 Å². The van der Waals surface area contributed by atoms with E-state index in [-0.39, 0.29) is 5.41 Å². The first-order chi connectivity index (χ1) is 15.4. The first kappa shape index (κ1) is 16.3. The minimum atomic E-state index is 0.137. The lowest BCUT2D eigenvalue weighted by Crippen LogP contribution is -2.28. The van der Waals surface area contributed by atoms with E-state index in [9.17, 15) is 0 Å². The third kappa shape index (κ3) is 1.75. The van der Waals surface area contributed by atoms with E-state index in [1.165, 1.54) is 81.3 Å². The quantitative estimate of drug-likeness (QED) is 0.279. The van der Waals surface area contributed by atoms with Crippen molar-refractivity contribution in [3.63, 3.8) is 0 Å². The van der Waals surface area contributed by atoms with Crippen molar-refractivity contribution in [2.24, 2.45) is 0 Å². The summed E-state index contributed by atoms with van der Waals surface area (Å²) >= 11 is 0. The zero-order valence-corrected chi connectivity index (χ0v) is 17.2. The van der Waals surface area contributed by atoms with Gasteiger partial charge >= 0.3 is 0 Å². The van der Waals surface area contributed by atoms with Crippen molar-refractivity contribution in [1.82, 2.24) is 14.4 Å². The number of aromatic nitrogens is 3. The zero-order chi connectivity index (χ0) is 20.2. The van der Waals surface area contributed by atoms with Crippen molar-refractivity contribution in [3.8, 4) is 11.1 Å². The van der Waals surface area contributed by atoms with Gasteiger partial charge in [0, 0.05) is 39.4 Å². The average molecular weight is 399 g/mol. The van der Waals surface area contributed by atoms with E-state index in [0.29, 0.717) is 0 Å². The third-order valence-corrected chi connectivity index (χ3v) is 8.08. The summed E-state index contributed by atoms with van der Waals surface area (Å²) in [6.07, 6.45) is 14.4. The van der Waals surface area contributed by atoms with Crippen LogP contribution in [0.1, 0.15) is 43.2 Å². The zero-order valence-electron chi connectivity index (χ0n) is 17.2. The maximum Gasteiger partial charge on any atom is 0.0725 e. The van der Waals surface area contributed by atoms with E-state index in [1.54, 1.807) is 11.1 Å². The molecule has 4 aromatic heterocycles. The molecule has 4 heterocycles. The van der Waals surface area contributed by atoms with Crippen molar-refractivity contribution < 1.29 is 0 Å². The fourth-order valence-electron chi connectivity index (χ4n) is 6.96. The summed E-state index contributed by atoms with van der Waals surface area (Å²) in [7, 11) is 0. The highest BCUT2D eigenvalue weighted by molar-refractivity contribution is 6.26. The van der Waals surface area contributed by atoms with Gasteiger partial charge in [0.2, 0.25) is 0 Å². The van der Waals surface area contributed by atoms with E-state index < -0.39 is 0 Å². The molecule has 2 aliphatic rings. The normalized spacial score (nSPS) is 17.3. The van der Waals surface area contributed by atoms with Gasteiger partial charge in [-0.05, 0) is 53.3 Å². The minimum Gasteiger partial charge on any atom is -0.305 e. The topological polar surface area (TPSA) is 30.2 Å². The van der Waals surface area contributed by atoms with Gasteiger partial charge in [0.25, 0.3) is 0 Å². The summed E-state index contributed by atoms with van der Waals surface area (Å²) in [6, 6.07) is 16.1. The summed E-state index contributed by atoms with van der Waals surface area (Å²) < 4.78 is 2.41. The summed E-state index contributed by atoms with van der Waals surface area (Å²) in [6.45, 7) is 0. The summed E-state index contributed by atoms with van der Waals surface area (Å²) in [5, 5.41) is 5.39. The molecule has 0 bridgehead atoms. The van der Waals surface area contributed by atoms with Crippen LogP contribution in [0.2, 0.25) is 0 Å². The molecule has 148 valence electrons. The summed E-state index contributed by atoms with van der Waals surface area (Å²) in [4.78, 5) is 8.98. The first-order valence-corrected chi connectivity index (χ1v) is 11.4. The lowest BCUT2D eigenvalue weighted by atomic mass is 9.67. The molecular formula is C28H21N3. The van der Waals surface area contributed by atoms with Crippen LogP contribution in [-0.4, -0.2) is 14.4 Å². The van der Waals surface area contributed by atoms with Crippen LogP contribution in [0.5, 0.6) is 0 Å². The highest BCUT2D eigenvalue weighted by atomic mass is 14.9. The van der Waals surface area contributed by atoms with Gasteiger partial charge in [0.05, 0.1) is 28.9 Å². The van der Waals surface area contributed by atoms with E-state index >= 15 is 0 Å². The fourth-order valence-corrected chi connectivity index (χ4v) is 6.96. The summed E-state index contributed by atoms with van der Waals surface area (Å²) in [5.74, 6) is 0. The van der Waals surface area contributed by atoms with Crippen molar-refractivity contribution in [2.75, 3.05) is 0 Å². The van der Waals surface area contributed by atoms with Gasteiger partial charge < -0.3 is 4.40 Å². The van der Waals surface area contributed by atoms with Crippen LogP contribution >= 0.6 is 0 Å². The van der Waals surface area contributed by atoms with Crippen molar-refractivity contribution in [2.45, 2.75) is 37.5 Å². The number of pyridine rings is 2. The molecule has 1 saturated carbocycles. The molecule has 1 fully saturated rings. The Morgan fingerprint density at radius 3 is 2.32 bits per heavy atom. The van der Waals surface area contributed by atoms with E-state index in [4.69, 9.17) is 0 Å². The van der Waals surface area contributed by atoms with Crippen LogP contribution in [0.4, 0.5) is 0 Å². The Hall–Kier alpha value is -3.46. The largest absolute Gasteiger partial charge is 0.305 e. The SMILES string of the molecule is c1ccc2c(c1)-c1cc3c4ccncc4n4c5cnccc5c(c1C21CCCCC1)c34. The molecule has 6 aromatic rings. The van der Waals surface area contributed by atoms with Gasteiger partial charge in [-0.25, -0.2) is 0 Å². The van der Waals surface area contributed by atoms with Gasteiger partial charge in [0.1, 0.15) is 0 Å². The predicted octanol–water partition coefficient (Wildman–Crippen LogP) is 6.86. The number of nitrogens with zero attached hydrogens (tertiary/aromatic N) is 3. The monoisotopic (exact) mass is 399 g/mol. The number of hydrogen-bond donors (Lipinski definition) is 0. The van der Waals surface area contributed by atoms with E-state index in [0.717, 1.165) is 0 Å². The average Bonchev–Trinajstić information content (AvgIpc) is 3.44. The molecule has 3 heteroatoms. The van der Waals surface area contributed by atoms with Gasteiger partial charge in [0.15, 0.2) is 0 Å². The van der Waals surface area contributed by atoms with Crippen LogP contribution in [0.15, 0.2) is 67.3 Å². The Kier molecular flexibility index (Phi) is 2.84. The van der Waals surface area contributed by atoms with Crippen molar-refractivity contribution in [3.05, 3.63) is 78.4 Å². The maximum atomic E-state index is 4.51. The van der Waals surface area contributed by atoms with E-state index in [1.807, 2.05) is 24.8 Å². The second-order valence-corrected chi connectivity index (χ2v) is 9.38. The lowest BCUT2D eigenvalue weighted by Gasteiger charge is -2.36. The predicted molar refractivity (Wildman–Crippen MR) is 126 cm³/mol. The molecule has 0 unspecified atom stereocenters. The second kappa shape index (κ2) is 5.42. The van der Waals surface area contributed by atoms with Crippen LogP contribution in [0.3, 0.4) is 0 Å². The summed E-state index contributed by atoms with van der Waals surface area (Å²) in [5.41, 5.74) is 9.87. The van der Waals surface area contributed by atoms with E-state index in [2.05, 4.69) is 56.8 Å². The Morgan fingerprint density at radius 1 is 0.742 bits per heavy atom. The van der Waals surface area contributed by atoms with Gasteiger partial charge in [-0.2, -0.15) is 0 Å². The van der Waals surface area contributed by atoms with Gasteiger partial charge in [-0.1, -0.05) is 43.5 Å².